The average molecular weight is 275 g/mol. The molecular formula is C16H25N3O. The van der Waals surface area contributed by atoms with Crippen molar-refractivity contribution in [1.29, 1.82) is 0 Å². The van der Waals surface area contributed by atoms with E-state index < -0.39 is 0 Å². The lowest BCUT2D eigenvalue weighted by atomic mass is 10.1. The molecule has 0 amide bonds. The van der Waals surface area contributed by atoms with Gasteiger partial charge in [0.05, 0.1) is 0 Å². The average Bonchev–Trinajstić information content (AvgIpc) is 3.29. The third kappa shape index (κ3) is 3.49. The summed E-state index contributed by atoms with van der Waals surface area (Å²) in [6.07, 6.45) is 4.86. The first-order valence-electron chi connectivity index (χ1n) is 7.74. The summed E-state index contributed by atoms with van der Waals surface area (Å²) in [6, 6.07) is 5.73. The number of anilines is 1. The molecule has 20 heavy (non-hydrogen) atoms. The van der Waals surface area contributed by atoms with Crippen molar-refractivity contribution < 1.29 is 4.74 Å². The summed E-state index contributed by atoms with van der Waals surface area (Å²) in [6.45, 7) is 4.79. The molecule has 0 aromatic carbocycles. The third-order valence-electron chi connectivity index (χ3n) is 4.27. The maximum atomic E-state index is 5.45. The van der Waals surface area contributed by atoms with Crippen molar-refractivity contribution in [2.75, 3.05) is 25.2 Å². The number of ether oxygens (including phenoxy) is 1. The molecule has 2 heterocycles. The van der Waals surface area contributed by atoms with E-state index in [9.17, 15) is 0 Å². The molecule has 1 N–H and O–H groups in total. The molecule has 4 heteroatoms. The fraction of sp³-hybridized carbons (Fsp3) is 0.688. The number of hydrogen-bond donors (Lipinski definition) is 1. The van der Waals surface area contributed by atoms with Gasteiger partial charge in [-0.2, -0.15) is 0 Å². The van der Waals surface area contributed by atoms with E-state index in [0.29, 0.717) is 6.04 Å². The molecule has 4 nitrogen and oxygen atoms in total. The molecular weight excluding hydrogens is 250 g/mol. The van der Waals surface area contributed by atoms with Gasteiger partial charge in [-0.25, -0.2) is 4.98 Å². The van der Waals surface area contributed by atoms with E-state index in [1.165, 1.54) is 18.4 Å². The van der Waals surface area contributed by atoms with Crippen LogP contribution in [0, 0.1) is 6.92 Å². The highest BCUT2D eigenvalue weighted by Gasteiger charge is 2.22. The zero-order valence-corrected chi connectivity index (χ0v) is 12.6. The van der Waals surface area contributed by atoms with Crippen molar-refractivity contribution in [3.8, 4) is 0 Å². The minimum Gasteiger partial charge on any atom is -0.381 e. The molecule has 1 aliphatic carbocycles. The van der Waals surface area contributed by atoms with Crippen LogP contribution in [0.25, 0.3) is 0 Å². The molecule has 1 aromatic rings. The maximum absolute atomic E-state index is 5.45. The van der Waals surface area contributed by atoms with E-state index in [1.54, 1.807) is 0 Å². The number of aryl methyl sites for hydroxylation is 1. The van der Waals surface area contributed by atoms with Crippen molar-refractivity contribution >= 4 is 5.82 Å². The van der Waals surface area contributed by atoms with E-state index >= 15 is 0 Å². The van der Waals surface area contributed by atoms with Crippen LogP contribution in [-0.2, 0) is 11.3 Å². The van der Waals surface area contributed by atoms with Gasteiger partial charge in [0.1, 0.15) is 5.82 Å². The van der Waals surface area contributed by atoms with Gasteiger partial charge in [-0.05, 0) is 50.3 Å². The first-order valence-corrected chi connectivity index (χ1v) is 7.74. The lowest BCUT2D eigenvalue weighted by molar-refractivity contribution is 0.0853. The highest BCUT2D eigenvalue weighted by Crippen LogP contribution is 2.23. The van der Waals surface area contributed by atoms with Crippen molar-refractivity contribution in [2.45, 2.75) is 51.2 Å². The third-order valence-corrected chi connectivity index (χ3v) is 4.27. The van der Waals surface area contributed by atoms with E-state index in [0.717, 1.165) is 50.2 Å². The lowest BCUT2D eigenvalue weighted by Gasteiger charge is -2.32. The van der Waals surface area contributed by atoms with Crippen LogP contribution in [0.3, 0.4) is 0 Å². The summed E-state index contributed by atoms with van der Waals surface area (Å²) < 4.78 is 5.45. The van der Waals surface area contributed by atoms with Crippen LogP contribution in [-0.4, -0.2) is 37.3 Å². The highest BCUT2D eigenvalue weighted by molar-refractivity contribution is 5.43. The van der Waals surface area contributed by atoms with Crippen molar-refractivity contribution in [3.05, 3.63) is 23.4 Å². The largest absolute Gasteiger partial charge is 0.381 e. The molecule has 0 radical (unpaired) electrons. The fourth-order valence-electron chi connectivity index (χ4n) is 2.81. The van der Waals surface area contributed by atoms with Gasteiger partial charge >= 0.3 is 0 Å². The zero-order chi connectivity index (χ0) is 13.9. The number of nitrogens with one attached hydrogen (secondary N) is 1. The maximum Gasteiger partial charge on any atom is 0.129 e. The van der Waals surface area contributed by atoms with E-state index in [2.05, 4.69) is 36.3 Å². The second-order valence-electron chi connectivity index (χ2n) is 6.08. The van der Waals surface area contributed by atoms with Gasteiger partial charge in [0.15, 0.2) is 0 Å². The summed E-state index contributed by atoms with van der Waals surface area (Å²) in [4.78, 5) is 7.04. The summed E-state index contributed by atoms with van der Waals surface area (Å²) in [5.74, 6) is 1.10. The lowest BCUT2D eigenvalue weighted by Crippen LogP contribution is -2.37. The van der Waals surface area contributed by atoms with Crippen molar-refractivity contribution in [3.63, 3.8) is 0 Å². The van der Waals surface area contributed by atoms with Crippen LogP contribution < -0.4 is 10.2 Å². The molecule has 0 spiro atoms. The molecule has 1 aliphatic heterocycles. The first-order chi connectivity index (χ1) is 9.72. The van der Waals surface area contributed by atoms with Crippen molar-refractivity contribution in [1.82, 2.24) is 10.3 Å². The second kappa shape index (κ2) is 6.10. The molecule has 0 bridgehead atoms. The van der Waals surface area contributed by atoms with Crippen molar-refractivity contribution in [2.24, 2.45) is 0 Å². The van der Waals surface area contributed by atoms with Crippen LogP contribution >= 0.6 is 0 Å². The molecule has 2 aliphatic rings. The molecule has 3 rings (SSSR count). The number of pyridine rings is 1. The number of rotatable bonds is 5. The smallest absolute Gasteiger partial charge is 0.129 e. The van der Waals surface area contributed by atoms with Gasteiger partial charge < -0.3 is 15.0 Å². The molecule has 2 fully saturated rings. The summed E-state index contributed by atoms with van der Waals surface area (Å²) in [7, 11) is 2.16. The zero-order valence-electron chi connectivity index (χ0n) is 12.6. The topological polar surface area (TPSA) is 37.4 Å². The SMILES string of the molecule is Cc1cc(CNC2CC2)cc(N(C)C2CCOCC2)n1. The summed E-state index contributed by atoms with van der Waals surface area (Å²) in [5, 5.41) is 3.58. The highest BCUT2D eigenvalue weighted by atomic mass is 16.5. The fourth-order valence-corrected chi connectivity index (χ4v) is 2.81. The monoisotopic (exact) mass is 275 g/mol. The minimum atomic E-state index is 0.558. The van der Waals surface area contributed by atoms with E-state index in [4.69, 9.17) is 9.72 Å². The Morgan fingerprint density at radius 3 is 2.70 bits per heavy atom. The Morgan fingerprint density at radius 2 is 2.00 bits per heavy atom. The van der Waals surface area contributed by atoms with Gasteiger partial charge in [0.25, 0.3) is 0 Å². The van der Waals surface area contributed by atoms with Gasteiger partial charge in [-0.3, -0.25) is 0 Å². The van der Waals surface area contributed by atoms with Gasteiger partial charge in [-0.1, -0.05) is 0 Å². The number of aromatic nitrogens is 1. The van der Waals surface area contributed by atoms with Gasteiger partial charge in [0, 0.05) is 44.6 Å². The Bertz CT molecular complexity index is 453. The summed E-state index contributed by atoms with van der Waals surface area (Å²) >= 11 is 0. The Kier molecular flexibility index (Phi) is 4.22. The molecule has 1 saturated heterocycles. The molecule has 0 unspecified atom stereocenters. The van der Waals surface area contributed by atoms with Crippen LogP contribution in [0.5, 0.6) is 0 Å². The minimum absolute atomic E-state index is 0.558. The van der Waals surface area contributed by atoms with Crippen LogP contribution in [0.1, 0.15) is 36.9 Å². The van der Waals surface area contributed by atoms with E-state index in [1.807, 2.05) is 0 Å². The molecule has 1 saturated carbocycles. The number of hydrogen-bond acceptors (Lipinski definition) is 4. The normalized spacial score (nSPS) is 20.1. The molecule has 110 valence electrons. The second-order valence-corrected chi connectivity index (χ2v) is 6.08. The summed E-state index contributed by atoms with van der Waals surface area (Å²) in [5.41, 5.74) is 2.45. The predicted octanol–water partition coefficient (Wildman–Crippen LogP) is 2.26. The van der Waals surface area contributed by atoms with Crippen LogP contribution in [0.15, 0.2) is 12.1 Å². The molecule has 1 aromatic heterocycles. The standard InChI is InChI=1S/C16H25N3O/c1-12-9-13(11-17-14-3-4-14)10-16(18-12)19(2)15-5-7-20-8-6-15/h9-10,14-15,17H,3-8,11H2,1-2H3. The first kappa shape index (κ1) is 13.8. The Hall–Kier alpha value is -1.13. The van der Waals surface area contributed by atoms with Crippen LogP contribution in [0.4, 0.5) is 5.82 Å². The van der Waals surface area contributed by atoms with Gasteiger partial charge in [-0.15, -0.1) is 0 Å². The quantitative estimate of drug-likeness (QED) is 0.894. The Balaban J connectivity index is 1.69. The van der Waals surface area contributed by atoms with Gasteiger partial charge in [0.2, 0.25) is 0 Å². The van der Waals surface area contributed by atoms with Crippen LogP contribution in [0.2, 0.25) is 0 Å². The predicted molar refractivity (Wildman–Crippen MR) is 81.1 cm³/mol. The Labute approximate surface area is 121 Å². The molecule has 0 atom stereocenters. The van der Waals surface area contributed by atoms with E-state index in [-0.39, 0.29) is 0 Å². The Morgan fingerprint density at radius 1 is 1.25 bits per heavy atom. The number of nitrogens with zero attached hydrogens (tertiary/aromatic N) is 2.